The second-order valence-corrected chi connectivity index (χ2v) is 6.69. The number of amides is 1. The van der Waals surface area contributed by atoms with E-state index in [0.717, 1.165) is 22.7 Å². The number of nitrogens with zero attached hydrogens (tertiary/aromatic N) is 3. The number of hydrogen-bond acceptors (Lipinski definition) is 5. The van der Waals surface area contributed by atoms with E-state index in [1.807, 2.05) is 47.0 Å². The molecule has 0 saturated heterocycles. The van der Waals surface area contributed by atoms with Crippen LogP contribution in [0.25, 0.3) is 16.9 Å². The van der Waals surface area contributed by atoms with Crippen molar-refractivity contribution >= 4 is 22.8 Å². The number of benzene rings is 2. The predicted octanol–water partition coefficient (Wildman–Crippen LogP) is 4.01. The molecular formula is C23H22N4O3. The van der Waals surface area contributed by atoms with Crippen LogP contribution in [0.1, 0.15) is 12.2 Å². The van der Waals surface area contributed by atoms with Gasteiger partial charge in [-0.3, -0.25) is 9.36 Å². The molecule has 1 N–H and O–H groups in total. The normalized spacial score (nSPS) is 10.7. The summed E-state index contributed by atoms with van der Waals surface area (Å²) in [7, 11) is 3.14. The molecule has 0 aliphatic carbocycles. The second kappa shape index (κ2) is 8.65. The third-order valence-corrected chi connectivity index (χ3v) is 4.71. The number of hydrogen-bond donors (Lipinski definition) is 1. The van der Waals surface area contributed by atoms with Gasteiger partial charge in [-0.15, -0.1) is 0 Å². The summed E-state index contributed by atoms with van der Waals surface area (Å²) >= 11 is 0. The Bertz CT molecular complexity index is 1150. The standard InChI is InChI=1S/C23H22N4O3/c1-29-18-13-16(14-19(15-18)30-2)25-22(28)11-10-21-26-20-9-6-12-24-23(20)27(21)17-7-4-3-5-8-17/h3-9,12-15H,10-11H2,1-2H3,(H,25,28). The van der Waals surface area contributed by atoms with Crippen LogP contribution in [0, 0.1) is 0 Å². The Morgan fingerprint density at radius 3 is 2.43 bits per heavy atom. The highest BCUT2D eigenvalue weighted by atomic mass is 16.5. The van der Waals surface area contributed by atoms with Gasteiger partial charge in [0.1, 0.15) is 22.8 Å². The van der Waals surface area contributed by atoms with E-state index in [-0.39, 0.29) is 12.3 Å². The maximum absolute atomic E-state index is 12.6. The summed E-state index contributed by atoms with van der Waals surface area (Å²) in [5.41, 5.74) is 3.16. The summed E-state index contributed by atoms with van der Waals surface area (Å²) in [5, 5.41) is 2.90. The smallest absolute Gasteiger partial charge is 0.224 e. The lowest BCUT2D eigenvalue weighted by Gasteiger charge is -2.11. The lowest BCUT2D eigenvalue weighted by molar-refractivity contribution is -0.116. The van der Waals surface area contributed by atoms with Crippen LogP contribution in [0.4, 0.5) is 5.69 Å². The van der Waals surface area contributed by atoms with Gasteiger partial charge in [-0.25, -0.2) is 9.97 Å². The van der Waals surface area contributed by atoms with Gasteiger partial charge in [-0.2, -0.15) is 0 Å². The van der Waals surface area contributed by atoms with Crippen molar-refractivity contribution in [2.24, 2.45) is 0 Å². The predicted molar refractivity (Wildman–Crippen MR) is 115 cm³/mol. The fourth-order valence-corrected chi connectivity index (χ4v) is 3.30. The van der Waals surface area contributed by atoms with Crippen LogP contribution in [0.3, 0.4) is 0 Å². The van der Waals surface area contributed by atoms with E-state index in [4.69, 9.17) is 14.5 Å². The van der Waals surface area contributed by atoms with E-state index in [1.165, 1.54) is 0 Å². The lowest BCUT2D eigenvalue weighted by Crippen LogP contribution is -2.14. The molecule has 152 valence electrons. The third-order valence-electron chi connectivity index (χ3n) is 4.71. The third kappa shape index (κ3) is 4.10. The van der Waals surface area contributed by atoms with E-state index in [9.17, 15) is 4.79 Å². The molecule has 0 radical (unpaired) electrons. The molecule has 1 amide bonds. The molecule has 30 heavy (non-hydrogen) atoms. The number of methoxy groups -OCH3 is 2. The molecule has 0 fully saturated rings. The van der Waals surface area contributed by atoms with Crippen LogP contribution < -0.4 is 14.8 Å². The molecule has 0 aliphatic heterocycles. The fourth-order valence-electron chi connectivity index (χ4n) is 3.30. The van der Waals surface area contributed by atoms with Crippen molar-refractivity contribution in [1.29, 1.82) is 0 Å². The van der Waals surface area contributed by atoms with Gasteiger partial charge in [-0.05, 0) is 24.3 Å². The Morgan fingerprint density at radius 1 is 1.00 bits per heavy atom. The first-order chi connectivity index (χ1) is 14.7. The molecule has 0 spiro atoms. The Kier molecular flexibility index (Phi) is 5.61. The number of pyridine rings is 1. The number of carbonyl (C=O) groups excluding carboxylic acids is 1. The summed E-state index contributed by atoms with van der Waals surface area (Å²) in [6.07, 6.45) is 2.49. The zero-order chi connectivity index (χ0) is 20.9. The number of anilines is 1. The zero-order valence-electron chi connectivity index (χ0n) is 16.8. The Labute approximate surface area is 174 Å². The summed E-state index contributed by atoms with van der Waals surface area (Å²) in [4.78, 5) is 21.8. The van der Waals surface area contributed by atoms with Crippen LogP contribution in [-0.2, 0) is 11.2 Å². The second-order valence-electron chi connectivity index (χ2n) is 6.69. The Balaban J connectivity index is 1.55. The highest BCUT2D eigenvalue weighted by molar-refractivity contribution is 5.91. The van der Waals surface area contributed by atoms with Crippen molar-refractivity contribution in [1.82, 2.24) is 14.5 Å². The van der Waals surface area contributed by atoms with Crippen molar-refractivity contribution in [3.8, 4) is 17.2 Å². The van der Waals surface area contributed by atoms with Crippen LogP contribution in [0.2, 0.25) is 0 Å². The number of aromatic nitrogens is 3. The minimum absolute atomic E-state index is 0.120. The molecule has 4 aromatic rings. The molecule has 2 aromatic carbocycles. The number of aryl methyl sites for hydroxylation is 1. The Hall–Kier alpha value is -3.87. The molecule has 2 heterocycles. The maximum Gasteiger partial charge on any atom is 0.224 e. The van der Waals surface area contributed by atoms with Gasteiger partial charge in [0.2, 0.25) is 5.91 Å². The summed E-state index contributed by atoms with van der Waals surface area (Å²) < 4.78 is 12.5. The van der Waals surface area contributed by atoms with Gasteiger partial charge in [0.05, 0.1) is 14.2 Å². The molecule has 0 unspecified atom stereocenters. The number of imidazole rings is 1. The highest BCUT2D eigenvalue weighted by Gasteiger charge is 2.15. The Morgan fingerprint density at radius 2 is 1.73 bits per heavy atom. The first kappa shape index (κ1) is 19.4. The molecule has 0 bridgehead atoms. The van der Waals surface area contributed by atoms with Crippen LogP contribution >= 0.6 is 0 Å². The number of para-hydroxylation sites is 1. The van der Waals surface area contributed by atoms with Crippen molar-refractivity contribution in [2.75, 3.05) is 19.5 Å². The van der Waals surface area contributed by atoms with Crippen molar-refractivity contribution in [3.63, 3.8) is 0 Å². The minimum atomic E-state index is -0.120. The van der Waals surface area contributed by atoms with Gasteiger partial charge in [0, 0.05) is 48.6 Å². The molecule has 7 nitrogen and oxygen atoms in total. The number of carbonyl (C=O) groups is 1. The summed E-state index contributed by atoms with van der Waals surface area (Å²) in [6.45, 7) is 0. The number of fused-ring (bicyclic) bond motifs is 1. The van der Waals surface area contributed by atoms with Gasteiger partial charge in [0.15, 0.2) is 5.65 Å². The first-order valence-electron chi connectivity index (χ1n) is 9.58. The van der Waals surface area contributed by atoms with E-state index < -0.39 is 0 Å². The highest BCUT2D eigenvalue weighted by Crippen LogP contribution is 2.26. The number of rotatable bonds is 7. The largest absolute Gasteiger partial charge is 0.497 e. The van der Waals surface area contributed by atoms with Gasteiger partial charge < -0.3 is 14.8 Å². The molecule has 7 heteroatoms. The van der Waals surface area contributed by atoms with Gasteiger partial charge in [-0.1, -0.05) is 18.2 Å². The molecule has 4 rings (SSSR count). The van der Waals surface area contributed by atoms with Crippen LogP contribution in [0.15, 0.2) is 66.9 Å². The molecule has 0 aliphatic rings. The van der Waals surface area contributed by atoms with E-state index in [2.05, 4.69) is 10.3 Å². The molecule has 0 atom stereocenters. The first-order valence-corrected chi connectivity index (χ1v) is 9.58. The maximum atomic E-state index is 12.6. The average Bonchev–Trinajstić information content (AvgIpc) is 3.16. The molecular weight excluding hydrogens is 380 g/mol. The van der Waals surface area contributed by atoms with Gasteiger partial charge >= 0.3 is 0 Å². The monoisotopic (exact) mass is 402 g/mol. The number of ether oxygens (including phenoxy) is 2. The van der Waals surface area contributed by atoms with Crippen molar-refractivity contribution in [2.45, 2.75) is 12.8 Å². The van der Waals surface area contributed by atoms with Gasteiger partial charge in [0.25, 0.3) is 0 Å². The van der Waals surface area contributed by atoms with E-state index in [0.29, 0.717) is 23.6 Å². The number of nitrogens with one attached hydrogen (secondary N) is 1. The van der Waals surface area contributed by atoms with E-state index in [1.54, 1.807) is 38.6 Å². The topological polar surface area (TPSA) is 78.3 Å². The average molecular weight is 402 g/mol. The molecule has 0 saturated carbocycles. The van der Waals surface area contributed by atoms with Crippen LogP contribution in [0.5, 0.6) is 11.5 Å². The minimum Gasteiger partial charge on any atom is -0.497 e. The SMILES string of the molecule is COc1cc(NC(=O)CCc2nc3cccnc3n2-c2ccccc2)cc(OC)c1. The van der Waals surface area contributed by atoms with Crippen molar-refractivity contribution < 1.29 is 14.3 Å². The lowest BCUT2D eigenvalue weighted by atomic mass is 10.2. The van der Waals surface area contributed by atoms with Crippen molar-refractivity contribution in [3.05, 3.63) is 72.7 Å². The zero-order valence-corrected chi connectivity index (χ0v) is 16.8. The summed E-state index contributed by atoms with van der Waals surface area (Å²) in [5.74, 6) is 1.89. The van der Waals surface area contributed by atoms with Crippen LogP contribution in [-0.4, -0.2) is 34.7 Å². The quantitative estimate of drug-likeness (QED) is 0.505. The molecule has 2 aromatic heterocycles. The summed E-state index contributed by atoms with van der Waals surface area (Å²) in [6, 6.07) is 19.0. The fraction of sp³-hybridized carbons (Fsp3) is 0.174. The van der Waals surface area contributed by atoms with E-state index >= 15 is 0 Å².